The lowest BCUT2D eigenvalue weighted by molar-refractivity contribution is 1.07. The fraction of sp³-hybridized carbons (Fsp3) is 0. The highest BCUT2D eigenvalue weighted by atomic mass is 35.5. The topological polar surface area (TPSA) is 38.7 Å². The first-order valence-corrected chi connectivity index (χ1v) is 19.1. The quantitative estimate of drug-likeness (QED) is 0.171. The van der Waals surface area contributed by atoms with E-state index < -0.39 is 0 Å². The molecule has 0 radical (unpaired) electrons. The molecule has 8 aromatic carbocycles. The van der Waals surface area contributed by atoms with Gasteiger partial charge < -0.3 is 0 Å². The number of aromatic nitrogens is 3. The molecule has 2 aromatic heterocycles. The molecule has 54 heavy (non-hydrogen) atoms. The Kier molecular flexibility index (Phi) is 8.06. The number of fused-ring (bicyclic) bond motifs is 4. The van der Waals surface area contributed by atoms with Gasteiger partial charge >= 0.3 is 0 Å². The average Bonchev–Trinajstić information content (AvgIpc) is 3.61. The zero-order valence-corrected chi connectivity index (χ0v) is 30.5. The summed E-state index contributed by atoms with van der Waals surface area (Å²) in [6, 6.07) is 64.4. The number of hydrogen-bond acceptors (Lipinski definition) is 4. The first-order valence-electron chi connectivity index (χ1n) is 17.9. The molecule has 2 heterocycles. The van der Waals surface area contributed by atoms with Gasteiger partial charge in [-0.1, -0.05) is 127 Å². The number of hydrogen-bond donors (Lipinski definition) is 0. The van der Waals surface area contributed by atoms with Crippen molar-refractivity contribution in [3.63, 3.8) is 0 Å². The Hall–Kier alpha value is -6.46. The third-order valence-corrected chi connectivity index (χ3v) is 11.4. The van der Waals surface area contributed by atoms with E-state index in [2.05, 4.69) is 180 Å². The van der Waals surface area contributed by atoms with E-state index in [1.165, 1.54) is 64.3 Å². The lowest BCUT2D eigenvalue weighted by Gasteiger charge is -2.13. The van der Waals surface area contributed by atoms with Gasteiger partial charge in [-0.3, -0.25) is 0 Å². The predicted molar refractivity (Wildman–Crippen MR) is 228 cm³/mol. The zero-order valence-electron chi connectivity index (χ0n) is 28.9. The molecular formula is C49H30ClN3S. The minimum absolute atomic E-state index is 0.162. The average molecular weight is 728 g/mol. The van der Waals surface area contributed by atoms with Crippen LogP contribution in [0.3, 0.4) is 0 Å². The Morgan fingerprint density at radius 3 is 1.50 bits per heavy atom. The number of benzene rings is 8. The van der Waals surface area contributed by atoms with Crippen molar-refractivity contribution in [3.8, 4) is 67.3 Å². The minimum atomic E-state index is 0.162. The molecule has 0 bridgehead atoms. The fourth-order valence-corrected chi connectivity index (χ4v) is 8.60. The Bertz CT molecular complexity index is 3000. The molecule has 0 aliphatic rings. The van der Waals surface area contributed by atoms with Crippen molar-refractivity contribution >= 4 is 53.9 Å². The molecule has 0 atom stereocenters. The molecule has 5 heteroatoms. The number of rotatable bonds is 6. The first kappa shape index (κ1) is 32.2. The highest BCUT2D eigenvalue weighted by molar-refractivity contribution is 7.25. The Balaban J connectivity index is 1.04. The van der Waals surface area contributed by atoms with Crippen molar-refractivity contribution in [3.05, 3.63) is 187 Å². The van der Waals surface area contributed by atoms with Gasteiger partial charge in [0.1, 0.15) is 0 Å². The van der Waals surface area contributed by atoms with Crippen LogP contribution in [0.25, 0.3) is 98.2 Å². The lowest BCUT2D eigenvalue weighted by Crippen LogP contribution is -1.97. The summed E-state index contributed by atoms with van der Waals surface area (Å²) in [6.45, 7) is 0. The van der Waals surface area contributed by atoms with Crippen LogP contribution in [0.4, 0.5) is 0 Å². The molecule has 0 aliphatic heterocycles. The molecule has 10 rings (SSSR count). The van der Waals surface area contributed by atoms with Gasteiger partial charge in [0.2, 0.25) is 5.28 Å². The van der Waals surface area contributed by atoms with Crippen molar-refractivity contribution in [2.75, 3.05) is 0 Å². The third-order valence-electron chi connectivity index (χ3n) is 10.0. The second-order valence-corrected chi connectivity index (χ2v) is 14.8. The molecule has 0 saturated heterocycles. The summed E-state index contributed by atoms with van der Waals surface area (Å²) >= 11 is 8.42. The van der Waals surface area contributed by atoms with E-state index in [1.54, 1.807) is 11.3 Å². The van der Waals surface area contributed by atoms with Crippen molar-refractivity contribution in [1.29, 1.82) is 0 Å². The van der Waals surface area contributed by atoms with Crippen LogP contribution in [0.15, 0.2) is 182 Å². The number of nitrogens with zero attached hydrogens (tertiary/aromatic N) is 3. The normalized spacial score (nSPS) is 11.4. The van der Waals surface area contributed by atoms with E-state index in [1.807, 2.05) is 12.1 Å². The Labute approximate surface area is 321 Å². The Morgan fingerprint density at radius 2 is 0.815 bits per heavy atom. The zero-order chi connectivity index (χ0) is 36.0. The molecule has 0 fully saturated rings. The van der Waals surface area contributed by atoms with Gasteiger partial charge in [-0.05, 0) is 121 Å². The van der Waals surface area contributed by atoms with Crippen LogP contribution in [0, 0.1) is 0 Å². The minimum Gasteiger partial charge on any atom is -0.208 e. The van der Waals surface area contributed by atoms with E-state index in [9.17, 15) is 0 Å². The second-order valence-electron chi connectivity index (χ2n) is 13.4. The molecule has 254 valence electrons. The summed E-state index contributed by atoms with van der Waals surface area (Å²) in [6.07, 6.45) is 0. The van der Waals surface area contributed by atoms with E-state index in [-0.39, 0.29) is 5.28 Å². The molecule has 0 unspecified atom stereocenters. The third kappa shape index (κ3) is 6.02. The van der Waals surface area contributed by atoms with Gasteiger partial charge in [-0.15, -0.1) is 11.3 Å². The molecule has 0 amide bonds. The molecule has 10 aromatic rings. The van der Waals surface area contributed by atoms with Crippen LogP contribution in [-0.2, 0) is 0 Å². The number of thiophene rings is 1. The number of halogens is 1. The highest BCUT2D eigenvalue weighted by Gasteiger charge is 2.15. The maximum Gasteiger partial charge on any atom is 0.226 e. The lowest BCUT2D eigenvalue weighted by atomic mass is 9.91. The maximum absolute atomic E-state index is 6.62. The molecule has 0 saturated carbocycles. The Morgan fingerprint density at radius 1 is 0.333 bits per heavy atom. The summed E-state index contributed by atoms with van der Waals surface area (Å²) in [7, 11) is 0. The fourth-order valence-electron chi connectivity index (χ4n) is 7.38. The predicted octanol–water partition coefficient (Wildman–Crippen LogP) is 14.0. The van der Waals surface area contributed by atoms with E-state index >= 15 is 0 Å². The van der Waals surface area contributed by atoms with Crippen molar-refractivity contribution in [1.82, 2.24) is 15.0 Å². The van der Waals surface area contributed by atoms with Gasteiger partial charge in [-0.25, -0.2) is 4.98 Å². The van der Waals surface area contributed by atoms with E-state index in [0.717, 1.165) is 22.3 Å². The van der Waals surface area contributed by atoms with Crippen LogP contribution in [-0.4, -0.2) is 15.0 Å². The smallest absolute Gasteiger partial charge is 0.208 e. The van der Waals surface area contributed by atoms with Crippen LogP contribution in [0.2, 0.25) is 5.28 Å². The van der Waals surface area contributed by atoms with Crippen molar-refractivity contribution < 1.29 is 0 Å². The first-order chi connectivity index (χ1) is 26.6. The SMILES string of the molecule is Clc1nc(-c2cccc(-c3ccc4c(-c5ccccc5)cc(-c5ccccc5)cc4c3)c2)nc(-c2ccc3sc4ccc(-c5ccccc5)cc4c3c2)n1. The summed E-state index contributed by atoms with van der Waals surface area (Å²) in [4.78, 5) is 14.2. The largest absolute Gasteiger partial charge is 0.226 e. The van der Waals surface area contributed by atoms with Gasteiger partial charge in [-0.2, -0.15) is 9.97 Å². The van der Waals surface area contributed by atoms with E-state index in [0.29, 0.717) is 11.6 Å². The van der Waals surface area contributed by atoms with Crippen molar-refractivity contribution in [2.24, 2.45) is 0 Å². The van der Waals surface area contributed by atoms with Gasteiger partial charge in [0.25, 0.3) is 0 Å². The second kappa shape index (κ2) is 13.5. The molecule has 3 nitrogen and oxygen atoms in total. The molecule has 0 spiro atoms. The van der Waals surface area contributed by atoms with Crippen LogP contribution >= 0.6 is 22.9 Å². The molecule has 0 aliphatic carbocycles. The highest BCUT2D eigenvalue weighted by Crippen LogP contribution is 2.39. The summed E-state index contributed by atoms with van der Waals surface area (Å²) in [5.74, 6) is 1.08. The van der Waals surface area contributed by atoms with Gasteiger partial charge in [0.15, 0.2) is 11.6 Å². The standard InChI is InChI=1S/C49H30ClN3S/c50-49-52-47(51-48(53-49)38-21-24-46-44(29-38)43-28-36(20-23-45(43)54-46)31-11-4-1-5-12-31)37-18-10-17-34(25-37)35-19-22-41-40(26-35)27-39(32-13-6-2-7-14-32)30-42(41)33-15-8-3-9-16-33/h1-30H. The van der Waals surface area contributed by atoms with Crippen LogP contribution < -0.4 is 0 Å². The van der Waals surface area contributed by atoms with E-state index in [4.69, 9.17) is 16.6 Å². The van der Waals surface area contributed by atoms with Crippen LogP contribution in [0.1, 0.15) is 0 Å². The monoisotopic (exact) mass is 727 g/mol. The summed E-state index contributed by atoms with van der Waals surface area (Å²) in [5, 5.41) is 4.94. The van der Waals surface area contributed by atoms with Crippen molar-refractivity contribution in [2.45, 2.75) is 0 Å². The molecule has 0 N–H and O–H groups in total. The summed E-state index contributed by atoms with van der Waals surface area (Å²) < 4.78 is 2.46. The molecular weight excluding hydrogens is 698 g/mol. The van der Waals surface area contributed by atoms with Gasteiger partial charge in [0.05, 0.1) is 0 Å². The van der Waals surface area contributed by atoms with Crippen LogP contribution in [0.5, 0.6) is 0 Å². The summed E-state index contributed by atoms with van der Waals surface area (Å²) in [5.41, 5.74) is 11.1. The maximum atomic E-state index is 6.62. The van der Waals surface area contributed by atoms with Gasteiger partial charge in [0, 0.05) is 31.3 Å².